The summed E-state index contributed by atoms with van der Waals surface area (Å²) in [5, 5.41) is 11.1. The number of methoxy groups -OCH3 is 2. The molecule has 0 bridgehead atoms. The number of halogens is 1. The van der Waals surface area contributed by atoms with Crippen LogP contribution in [-0.4, -0.2) is 50.0 Å². The number of ether oxygens (including phenoxy) is 2. The van der Waals surface area contributed by atoms with Crippen LogP contribution in [0, 0.1) is 0 Å². The smallest absolute Gasteiger partial charge is 0.197 e. The van der Waals surface area contributed by atoms with Crippen molar-refractivity contribution in [3.63, 3.8) is 0 Å². The minimum Gasteiger partial charge on any atom is -0.496 e. The van der Waals surface area contributed by atoms with Gasteiger partial charge in [-0.1, -0.05) is 30.7 Å². The quantitative estimate of drug-likeness (QED) is 0.555. The summed E-state index contributed by atoms with van der Waals surface area (Å²) in [6.07, 6.45) is 1.82. The molecule has 1 aliphatic rings. The predicted octanol–water partition coefficient (Wildman–Crippen LogP) is 4.69. The molecule has 4 rings (SSSR count). The van der Waals surface area contributed by atoms with E-state index in [1.807, 2.05) is 18.2 Å². The zero-order valence-electron chi connectivity index (χ0n) is 18.6. The molecule has 0 saturated carbocycles. The van der Waals surface area contributed by atoms with E-state index in [0.29, 0.717) is 38.8 Å². The average Bonchev–Trinajstić information content (AvgIpc) is 3.20. The number of likely N-dealkylation sites (tertiary alicyclic amines) is 1. The summed E-state index contributed by atoms with van der Waals surface area (Å²) in [4.78, 5) is 15.6. The molecule has 3 aromatic rings. The third-order valence-corrected chi connectivity index (χ3v) is 6.60. The Kier molecular flexibility index (Phi) is 6.74. The minimum atomic E-state index is -0.217. The number of hydrogen-bond donors (Lipinski definition) is 1. The van der Waals surface area contributed by atoms with Gasteiger partial charge in [-0.25, -0.2) is 0 Å². The normalized spacial score (nSPS) is 18.9. The molecule has 0 amide bonds. The second-order valence-corrected chi connectivity index (χ2v) is 8.44. The fourth-order valence-electron chi connectivity index (χ4n) is 4.83. The molecule has 1 saturated heterocycles. The molecule has 1 N–H and O–H groups in total. The third-order valence-electron chi connectivity index (χ3n) is 6.27. The maximum Gasteiger partial charge on any atom is 0.197 e. The number of aliphatic hydroxyl groups is 1. The van der Waals surface area contributed by atoms with Crippen LogP contribution < -0.4 is 14.9 Å². The van der Waals surface area contributed by atoms with Gasteiger partial charge in [-0.05, 0) is 38.1 Å². The highest BCUT2D eigenvalue weighted by Gasteiger charge is 2.38. The second-order valence-electron chi connectivity index (χ2n) is 8.03. The van der Waals surface area contributed by atoms with Gasteiger partial charge in [0.1, 0.15) is 28.2 Å². The Hall–Kier alpha value is -2.54. The standard InChI is InChI=1S/C25H28ClNO5/c1-4-10-27-11-9-16(18(27)14-28)23-21(30-2)13-22(31-3)24-19(29)12-20(32-25(23)24)15-7-5-6-8-17(15)26/h5-8,12-13,16,18,28H,4,9-11,14H2,1-3H3. The largest absolute Gasteiger partial charge is 0.496 e. The van der Waals surface area contributed by atoms with Crippen molar-refractivity contribution in [2.24, 2.45) is 0 Å². The zero-order chi connectivity index (χ0) is 22.8. The van der Waals surface area contributed by atoms with Crippen molar-refractivity contribution in [2.45, 2.75) is 31.7 Å². The van der Waals surface area contributed by atoms with Crippen molar-refractivity contribution in [3.05, 3.63) is 57.2 Å². The highest BCUT2D eigenvalue weighted by Crippen LogP contribution is 2.45. The van der Waals surface area contributed by atoms with Gasteiger partial charge in [-0.2, -0.15) is 0 Å². The van der Waals surface area contributed by atoms with Crippen molar-refractivity contribution in [2.75, 3.05) is 33.9 Å². The second kappa shape index (κ2) is 9.53. The van der Waals surface area contributed by atoms with Crippen molar-refractivity contribution in [1.82, 2.24) is 4.90 Å². The summed E-state index contributed by atoms with van der Waals surface area (Å²) < 4.78 is 17.6. The summed E-state index contributed by atoms with van der Waals surface area (Å²) in [6, 6.07) is 10.3. The Bertz CT molecular complexity index is 1170. The Morgan fingerprint density at radius 2 is 1.94 bits per heavy atom. The molecule has 0 spiro atoms. The first-order valence-electron chi connectivity index (χ1n) is 10.9. The van der Waals surface area contributed by atoms with E-state index in [2.05, 4.69) is 11.8 Å². The highest BCUT2D eigenvalue weighted by atomic mass is 35.5. The molecule has 7 heteroatoms. The maximum atomic E-state index is 13.3. The van der Waals surface area contributed by atoms with E-state index in [-0.39, 0.29) is 24.0 Å². The molecule has 1 aliphatic heterocycles. The van der Waals surface area contributed by atoms with Crippen molar-refractivity contribution in [3.8, 4) is 22.8 Å². The molecule has 170 valence electrons. The molecular formula is C25H28ClNO5. The molecule has 2 heterocycles. The molecule has 2 aromatic carbocycles. The Morgan fingerprint density at radius 1 is 1.19 bits per heavy atom. The van der Waals surface area contributed by atoms with E-state index >= 15 is 0 Å². The van der Waals surface area contributed by atoms with Crippen LogP contribution in [0.5, 0.6) is 11.5 Å². The lowest BCUT2D eigenvalue weighted by Gasteiger charge is -2.27. The Balaban J connectivity index is 2.01. The number of fused-ring (bicyclic) bond motifs is 1. The lowest BCUT2D eigenvalue weighted by atomic mass is 9.89. The number of aliphatic hydroxyl groups excluding tert-OH is 1. The van der Waals surface area contributed by atoms with Crippen molar-refractivity contribution < 1.29 is 19.0 Å². The van der Waals surface area contributed by atoms with Crippen LogP contribution in [-0.2, 0) is 0 Å². The number of hydrogen-bond acceptors (Lipinski definition) is 6. The molecule has 2 atom stereocenters. The summed E-state index contributed by atoms with van der Waals surface area (Å²) in [7, 11) is 3.11. The highest BCUT2D eigenvalue weighted by molar-refractivity contribution is 6.33. The molecular weight excluding hydrogens is 430 g/mol. The molecule has 0 radical (unpaired) electrons. The molecule has 2 unspecified atom stereocenters. The van der Waals surface area contributed by atoms with Gasteiger partial charge in [-0.15, -0.1) is 0 Å². The van der Waals surface area contributed by atoms with E-state index in [0.717, 1.165) is 31.5 Å². The number of rotatable bonds is 7. The third kappa shape index (κ3) is 3.87. The maximum absolute atomic E-state index is 13.3. The monoisotopic (exact) mass is 457 g/mol. The van der Waals surface area contributed by atoms with E-state index in [1.54, 1.807) is 19.2 Å². The van der Waals surface area contributed by atoms with Gasteiger partial charge in [-0.3, -0.25) is 9.69 Å². The lowest BCUT2D eigenvalue weighted by molar-refractivity contribution is 0.150. The summed E-state index contributed by atoms with van der Waals surface area (Å²) in [6.45, 7) is 3.89. The van der Waals surface area contributed by atoms with Crippen LogP contribution in [0.25, 0.3) is 22.3 Å². The predicted molar refractivity (Wildman–Crippen MR) is 126 cm³/mol. The van der Waals surface area contributed by atoms with Crippen LogP contribution in [0.15, 0.2) is 45.6 Å². The van der Waals surface area contributed by atoms with E-state index in [1.165, 1.54) is 13.2 Å². The first-order chi connectivity index (χ1) is 15.5. The summed E-state index contributed by atoms with van der Waals surface area (Å²) in [5.41, 5.74) is 1.63. The van der Waals surface area contributed by atoms with Gasteiger partial charge < -0.3 is 19.0 Å². The van der Waals surface area contributed by atoms with Gasteiger partial charge in [0.05, 0.1) is 25.8 Å². The first kappa shape index (κ1) is 22.6. The molecule has 1 fully saturated rings. The van der Waals surface area contributed by atoms with E-state index in [9.17, 15) is 9.90 Å². The Labute approximate surface area is 192 Å². The van der Waals surface area contributed by atoms with Crippen LogP contribution in [0.3, 0.4) is 0 Å². The average molecular weight is 458 g/mol. The number of nitrogens with zero attached hydrogens (tertiary/aromatic N) is 1. The van der Waals surface area contributed by atoms with Crippen LogP contribution in [0.4, 0.5) is 0 Å². The topological polar surface area (TPSA) is 72.1 Å². The van der Waals surface area contributed by atoms with Gasteiger partial charge >= 0.3 is 0 Å². The molecule has 1 aromatic heterocycles. The zero-order valence-corrected chi connectivity index (χ0v) is 19.3. The fourth-order valence-corrected chi connectivity index (χ4v) is 5.06. The molecule has 6 nitrogen and oxygen atoms in total. The van der Waals surface area contributed by atoms with Crippen LogP contribution in [0.1, 0.15) is 31.2 Å². The van der Waals surface area contributed by atoms with Crippen molar-refractivity contribution in [1.29, 1.82) is 0 Å². The van der Waals surface area contributed by atoms with Gasteiger partial charge in [0, 0.05) is 35.2 Å². The fraction of sp³-hybridized carbons (Fsp3) is 0.400. The summed E-state index contributed by atoms with van der Waals surface area (Å²) in [5.74, 6) is 1.30. The molecule has 0 aliphatic carbocycles. The van der Waals surface area contributed by atoms with E-state index < -0.39 is 0 Å². The van der Waals surface area contributed by atoms with Gasteiger partial charge in [0.25, 0.3) is 0 Å². The van der Waals surface area contributed by atoms with Crippen molar-refractivity contribution >= 4 is 22.6 Å². The van der Waals surface area contributed by atoms with Crippen LogP contribution in [0.2, 0.25) is 5.02 Å². The Morgan fingerprint density at radius 3 is 2.59 bits per heavy atom. The summed E-state index contributed by atoms with van der Waals surface area (Å²) >= 11 is 6.39. The molecule has 32 heavy (non-hydrogen) atoms. The number of benzene rings is 2. The lowest BCUT2D eigenvalue weighted by Crippen LogP contribution is -2.35. The van der Waals surface area contributed by atoms with Crippen LogP contribution >= 0.6 is 11.6 Å². The van der Waals surface area contributed by atoms with Gasteiger partial charge in [0.2, 0.25) is 0 Å². The SMILES string of the molecule is CCCN1CCC(c2c(OC)cc(OC)c3c(=O)cc(-c4ccccc4Cl)oc23)C1CO. The minimum absolute atomic E-state index is 0.00970. The van der Waals surface area contributed by atoms with E-state index in [4.69, 9.17) is 25.5 Å². The van der Waals surface area contributed by atoms with Gasteiger partial charge in [0.15, 0.2) is 5.43 Å². The first-order valence-corrected chi connectivity index (χ1v) is 11.2.